The number of nitro groups is 1. The van der Waals surface area contributed by atoms with Crippen LogP contribution in [-0.2, 0) is 0 Å². The lowest BCUT2D eigenvalue weighted by Gasteiger charge is -2.04. The van der Waals surface area contributed by atoms with Crippen molar-refractivity contribution in [3.63, 3.8) is 0 Å². The molecule has 0 bridgehead atoms. The lowest BCUT2D eigenvalue weighted by atomic mass is 10.1. The number of nitrogens with zero attached hydrogens (tertiary/aromatic N) is 2. The number of phenols is 1. The number of aryl methyl sites for hydroxylation is 2. The lowest BCUT2D eigenvalue weighted by molar-refractivity contribution is -0.384. The molecule has 0 aliphatic heterocycles. The normalized spacial score (nSPS) is 11.4. The Bertz CT molecular complexity index is 921. The maximum Gasteiger partial charge on any atom is 0.270 e. The average molecular weight is 326 g/mol. The Hall–Kier alpha value is -2.73. The monoisotopic (exact) mass is 326 g/mol. The van der Waals surface area contributed by atoms with Crippen LogP contribution in [0.1, 0.15) is 21.7 Å². The van der Waals surface area contributed by atoms with Crippen molar-refractivity contribution in [3.8, 4) is 5.75 Å². The molecule has 23 heavy (non-hydrogen) atoms. The molecule has 1 aromatic heterocycles. The van der Waals surface area contributed by atoms with Gasteiger partial charge in [0.1, 0.15) is 10.8 Å². The van der Waals surface area contributed by atoms with Crippen LogP contribution < -0.4 is 0 Å². The van der Waals surface area contributed by atoms with Crippen molar-refractivity contribution in [2.75, 3.05) is 0 Å². The first-order valence-electron chi connectivity index (χ1n) is 6.97. The van der Waals surface area contributed by atoms with Gasteiger partial charge in [0, 0.05) is 12.1 Å². The zero-order valence-corrected chi connectivity index (χ0v) is 13.4. The second kappa shape index (κ2) is 5.81. The topological polar surface area (TPSA) is 76.3 Å². The molecule has 2 aromatic carbocycles. The van der Waals surface area contributed by atoms with Crippen LogP contribution in [-0.4, -0.2) is 15.0 Å². The summed E-state index contributed by atoms with van der Waals surface area (Å²) in [7, 11) is 0. The Morgan fingerprint density at radius 2 is 1.87 bits per heavy atom. The van der Waals surface area contributed by atoms with Gasteiger partial charge in [-0.25, -0.2) is 4.98 Å². The molecule has 0 amide bonds. The molecule has 0 spiro atoms. The molecule has 0 radical (unpaired) electrons. The van der Waals surface area contributed by atoms with Gasteiger partial charge in [0.25, 0.3) is 5.69 Å². The maximum atomic E-state index is 10.8. The molecule has 1 heterocycles. The molecular weight excluding hydrogens is 312 g/mol. The second-order valence-electron chi connectivity index (χ2n) is 5.30. The Kier molecular flexibility index (Phi) is 3.83. The SMILES string of the molecule is Cc1cc(/C=C\c2nc3ccc([N+](=O)[O-])cc3s2)cc(C)c1O. The fourth-order valence-corrected chi connectivity index (χ4v) is 3.27. The number of phenolic OH excluding ortho intramolecular Hbond substituents is 1. The first kappa shape index (κ1) is 15.2. The molecule has 3 aromatic rings. The number of non-ortho nitro benzene ring substituents is 1. The predicted octanol–water partition coefficient (Wildman–Crippen LogP) is 4.70. The zero-order chi connectivity index (χ0) is 16.6. The zero-order valence-electron chi connectivity index (χ0n) is 12.6. The van der Waals surface area contributed by atoms with Crippen LogP contribution in [0.2, 0.25) is 0 Å². The van der Waals surface area contributed by atoms with Crippen molar-refractivity contribution in [2.45, 2.75) is 13.8 Å². The summed E-state index contributed by atoms with van der Waals surface area (Å²) >= 11 is 1.41. The van der Waals surface area contributed by atoms with E-state index in [1.165, 1.54) is 17.4 Å². The molecular formula is C17H14N2O3S. The Balaban J connectivity index is 1.93. The molecule has 6 heteroatoms. The minimum Gasteiger partial charge on any atom is -0.507 e. The molecule has 0 aliphatic rings. The Labute approximate surface area is 136 Å². The van der Waals surface area contributed by atoms with E-state index < -0.39 is 4.92 Å². The minimum absolute atomic E-state index is 0.0708. The molecule has 116 valence electrons. The number of aromatic hydroxyl groups is 1. The highest BCUT2D eigenvalue weighted by Crippen LogP contribution is 2.28. The third-order valence-electron chi connectivity index (χ3n) is 3.53. The van der Waals surface area contributed by atoms with Gasteiger partial charge < -0.3 is 5.11 Å². The van der Waals surface area contributed by atoms with Crippen LogP contribution in [0.15, 0.2) is 30.3 Å². The van der Waals surface area contributed by atoms with Gasteiger partial charge in [-0.15, -0.1) is 11.3 Å². The van der Waals surface area contributed by atoms with Gasteiger partial charge >= 0.3 is 0 Å². The van der Waals surface area contributed by atoms with Crippen LogP contribution >= 0.6 is 11.3 Å². The standard InChI is InChI=1S/C17H14N2O3S/c1-10-7-12(8-11(2)17(10)20)3-6-16-18-14-5-4-13(19(21)22)9-15(14)23-16/h3-9,20H,1-2H3/b6-3-. The smallest absolute Gasteiger partial charge is 0.270 e. The van der Waals surface area contributed by atoms with Gasteiger partial charge in [-0.2, -0.15) is 0 Å². The first-order valence-corrected chi connectivity index (χ1v) is 7.79. The fourth-order valence-electron chi connectivity index (χ4n) is 2.37. The number of benzene rings is 2. The van der Waals surface area contributed by atoms with E-state index in [9.17, 15) is 15.2 Å². The van der Waals surface area contributed by atoms with E-state index in [1.807, 2.05) is 38.1 Å². The third kappa shape index (κ3) is 3.07. The van der Waals surface area contributed by atoms with Gasteiger partial charge in [-0.1, -0.05) is 6.08 Å². The Morgan fingerprint density at radius 3 is 2.52 bits per heavy atom. The van der Waals surface area contributed by atoms with Crippen LogP contribution in [0.5, 0.6) is 5.75 Å². The van der Waals surface area contributed by atoms with E-state index in [0.717, 1.165) is 31.9 Å². The molecule has 0 aliphatic carbocycles. The number of hydrogen-bond acceptors (Lipinski definition) is 5. The van der Waals surface area contributed by atoms with E-state index in [1.54, 1.807) is 12.1 Å². The molecule has 1 N–H and O–H groups in total. The summed E-state index contributed by atoms with van der Waals surface area (Å²) in [5, 5.41) is 21.4. The minimum atomic E-state index is -0.406. The molecule has 0 atom stereocenters. The summed E-state index contributed by atoms with van der Waals surface area (Å²) in [5.41, 5.74) is 3.44. The highest BCUT2D eigenvalue weighted by atomic mass is 32.1. The van der Waals surface area contributed by atoms with Crippen LogP contribution in [0.4, 0.5) is 5.69 Å². The van der Waals surface area contributed by atoms with Gasteiger partial charge in [0.2, 0.25) is 0 Å². The number of nitro benzene ring substituents is 1. The quantitative estimate of drug-likeness (QED) is 0.559. The van der Waals surface area contributed by atoms with Crippen LogP contribution in [0.25, 0.3) is 22.4 Å². The van der Waals surface area contributed by atoms with Gasteiger partial charge in [0.15, 0.2) is 0 Å². The summed E-state index contributed by atoms with van der Waals surface area (Å²) in [6.45, 7) is 3.72. The van der Waals surface area contributed by atoms with Crippen molar-refractivity contribution >= 4 is 39.4 Å². The summed E-state index contributed by atoms with van der Waals surface area (Å²) in [4.78, 5) is 14.9. The summed E-state index contributed by atoms with van der Waals surface area (Å²) in [6, 6.07) is 8.46. The van der Waals surface area contributed by atoms with E-state index in [2.05, 4.69) is 4.98 Å². The summed E-state index contributed by atoms with van der Waals surface area (Å²) in [5.74, 6) is 0.314. The molecule has 3 rings (SSSR count). The number of aromatic nitrogens is 1. The Morgan fingerprint density at radius 1 is 1.17 bits per heavy atom. The number of rotatable bonds is 3. The molecule has 0 fully saturated rings. The average Bonchev–Trinajstić information content (AvgIpc) is 2.92. The third-order valence-corrected chi connectivity index (χ3v) is 4.51. The summed E-state index contributed by atoms with van der Waals surface area (Å²) < 4.78 is 0.789. The predicted molar refractivity (Wildman–Crippen MR) is 92.8 cm³/mol. The fraction of sp³-hybridized carbons (Fsp3) is 0.118. The van der Waals surface area contributed by atoms with Crippen molar-refractivity contribution in [1.82, 2.24) is 4.98 Å². The van der Waals surface area contributed by atoms with Gasteiger partial charge in [0.05, 0.1) is 15.1 Å². The molecule has 0 saturated carbocycles. The van der Waals surface area contributed by atoms with Gasteiger partial charge in [-0.3, -0.25) is 10.1 Å². The lowest BCUT2D eigenvalue weighted by Crippen LogP contribution is -1.85. The van der Waals surface area contributed by atoms with E-state index in [-0.39, 0.29) is 5.69 Å². The second-order valence-corrected chi connectivity index (χ2v) is 6.36. The largest absolute Gasteiger partial charge is 0.507 e. The highest BCUT2D eigenvalue weighted by molar-refractivity contribution is 7.19. The van der Waals surface area contributed by atoms with Crippen LogP contribution in [0, 0.1) is 24.0 Å². The van der Waals surface area contributed by atoms with E-state index >= 15 is 0 Å². The van der Waals surface area contributed by atoms with Crippen LogP contribution in [0.3, 0.4) is 0 Å². The maximum absolute atomic E-state index is 10.8. The van der Waals surface area contributed by atoms with Crippen molar-refractivity contribution < 1.29 is 10.0 Å². The van der Waals surface area contributed by atoms with E-state index in [0.29, 0.717) is 5.75 Å². The molecule has 0 unspecified atom stereocenters. The van der Waals surface area contributed by atoms with Gasteiger partial charge in [-0.05, 0) is 54.8 Å². The molecule has 5 nitrogen and oxygen atoms in total. The summed E-state index contributed by atoms with van der Waals surface area (Å²) in [6.07, 6.45) is 3.80. The number of fused-ring (bicyclic) bond motifs is 1. The van der Waals surface area contributed by atoms with E-state index in [4.69, 9.17) is 0 Å². The van der Waals surface area contributed by atoms with Crippen molar-refractivity contribution in [3.05, 3.63) is 62.1 Å². The number of hydrogen-bond donors (Lipinski definition) is 1. The van der Waals surface area contributed by atoms with Crippen molar-refractivity contribution in [1.29, 1.82) is 0 Å². The van der Waals surface area contributed by atoms with Crippen molar-refractivity contribution in [2.24, 2.45) is 0 Å². The first-order chi connectivity index (χ1) is 10.9. The highest BCUT2D eigenvalue weighted by Gasteiger charge is 2.09. The molecule has 0 saturated heterocycles. The number of thiazole rings is 1.